The minimum Gasteiger partial charge on any atom is -0.480 e. The fourth-order valence-corrected chi connectivity index (χ4v) is 2.91. The van der Waals surface area contributed by atoms with Gasteiger partial charge in [0.2, 0.25) is 17.7 Å². The maximum atomic E-state index is 12.7. The Morgan fingerprint density at radius 1 is 1.07 bits per heavy atom. The zero-order valence-corrected chi connectivity index (χ0v) is 16.1. The SMILES string of the molecule is NC(=O)CC[C@H](NC(=O)[C@@H](N)CO)C(=O)N[C@@H](Cc1c[nH]c2ccccc12)C(=O)O. The summed E-state index contributed by atoms with van der Waals surface area (Å²) < 4.78 is 0. The summed E-state index contributed by atoms with van der Waals surface area (Å²) in [5, 5.41) is 24.1. The molecule has 0 bridgehead atoms. The number of H-pyrrole nitrogens is 1. The van der Waals surface area contributed by atoms with Gasteiger partial charge in [0.1, 0.15) is 18.1 Å². The number of aliphatic carboxylic acids is 1. The molecule has 0 aliphatic carbocycles. The molecule has 3 amide bonds. The molecular weight excluding hydrogens is 394 g/mol. The van der Waals surface area contributed by atoms with Crippen LogP contribution in [0.3, 0.4) is 0 Å². The van der Waals surface area contributed by atoms with Gasteiger partial charge in [-0.2, -0.15) is 0 Å². The van der Waals surface area contributed by atoms with Crippen LogP contribution in [0.1, 0.15) is 18.4 Å². The van der Waals surface area contributed by atoms with Gasteiger partial charge in [0.25, 0.3) is 0 Å². The van der Waals surface area contributed by atoms with Crippen LogP contribution >= 0.6 is 0 Å². The van der Waals surface area contributed by atoms with Gasteiger partial charge in [-0.15, -0.1) is 0 Å². The third kappa shape index (κ3) is 6.03. The van der Waals surface area contributed by atoms with Gasteiger partial charge in [-0.05, 0) is 18.1 Å². The molecule has 0 unspecified atom stereocenters. The highest BCUT2D eigenvalue weighted by Crippen LogP contribution is 2.19. The van der Waals surface area contributed by atoms with Crippen molar-refractivity contribution in [3.05, 3.63) is 36.0 Å². The van der Waals surface area contributed by atoms with Crippen LogP contribution in [0.5, 0.6) is 0 Å². The second kappa shape index (κ2) is 10.4. The van der Waals surface area contributed by atoms with Crippen molar-refractivity contribution in [2.45, 2.75) is 37.4 Å². The Morgan fingerprint density at radius 2 is 1.73 bits per heavy atom. The molecule has 0 fully saturated rings. The van der Waals surface area contributed by atoms with E-state index < -0.39 is 48.4 Å². The van der Waals surface area contributed by atoms with Gasteiger partial charge in [0.15, 0.2) is 0 Å². The molecule has 0 spiro atoms. The summed E-state index contributed by atoms with van der Waals surface area (Å²) in [6.07, 6.45) is 1.30. The number of carbonyl (C=O) groups excluding carboxylic acids is 3. The van der Waals surface area contributed by atoms with E-state index in [0.717, 1.165) is 10.9 Å². The molecule has 11 heteroatoms. The van der Waals surface area contributed by atoms with Crippen molar-refractivity contribution >= 4 is 34.6 Å². The fraction of sp³-hybridized carbons (Fsp3) is 0.368. The largest absolute Gasteiger partial charge is 0.480 e. The number of carboxylic acids is 1. The summed E-state index contributed by atoms with van der Waals surface area (Å²) in [6.45, 7) is -0.645. The molecular formula is C19H25N5O6. The first kappa shape index (κ1) is 22.8. The van der Waals surface area contributed by atoms with E-state index in [2.05, 4.69) is 15.6 Å². The van der Waals surface area contributed by atoms with Crippen molar-refractivity contribution < 1.29 is 29.4 Å². The van der Waals surface area contributed by atoms with Crippen molar-refractivity contribution in [1.29, 1.82) is 0 Å². The van der Waals surface area contributed by atoms with Crippen LogP contribution in [-0.4, -0.2) is 63.6 Å². The summed E-state index contributed by atoms with van der Waals surface area (Å²) in [5.74, 6) is -3.57. The lowest BCUT2D eigenvalue weighted by molar-refractivity contribution is -0.142. The number of para-hydroxylation sites is 1. The number of carboxylic acid groups (broad SMARTS) is 1. The van der Waals surface area contributed by atoms with E-state index in [4.69, 9.17) is 16.6 Å². The Balaban J connectivity index is 2.14. The smallest absolute Gasteiger partial charge is 0.326 e. The molecule has 2 aromatic rings. The van der Waals surface area contributed by atoms with Crippen molar-refractivity contribution in [1.82, 2.24) is 15.6 Å². The van der Waals surface area contributed by atoms with Crippen LogP contribution in [0.15, 0.2) is 30.5 Å². The number of nitrogens with two attached hydrogens (primary N) is 2. The Kier molecular flexibility index (Phi) is 7.90. The van der Waals surface area contributed by atoms with E-state index in [1.165, 1.54) is 0 Å². The number of nitrogens with one attached hydrogen (secondary N) is 3. The lowest BCUT2D eigenvalue weighted by Crippen LogP contribution is -2.55. The van der Waals surface area contributed by atoms with Crippen molar-refractivity contribution in [3.63, 3.8) is 0 Å². The molecule has 9 N–H and O–H groups in total. The zero-order valence-electron chi connectivity index (χ0n) is 16.1. The molecule has 30 heavy (non-hydrogen) atoms. The summed E-state index contributed by atoms with van der Waals surface area (Å²) >= 11 is 0. The Hall–Kier alpha value is -3.44. The first-order chi connectivity index (χ1) is 14.2. The summed E-state index contributed by atoms with van der Waals surface area (Å²) in [7, 11) is 0. The fourth-order valence-electron chi connectivity index (χ4n) is 2.91. The first-order valence-electron chi connectivity index (χ1n) is 9.26. The van der Waals surface area contributed by atoms with Crippen molar-refractivity contribution in [2.24, 2.45) is 11.5 Å². The van der Waals surface area contributed by atoms with Crippen LogP contribution < -0.4 is 22.1 Å². The van der Waals surface area contributed by atoms with Crippen LogP contribution in [0.25, 0.3) is 10.9 Å². The molecule has 0 aliphatic rings. The lowest BCUT2D eigenvalue weighted by atomic mass is 10.0. The highest BCUT2D eigenvalue weighted by atomic mass is 16.4. The van der Waals surface area contributed by atoms with E-state index in [1.54, 1.807) is 6.20 Å². The minimum atomic E-state index is -1.28. The normalized spacial score (nSPS) is 13.9. The third-order valence-electron chi connectivity index (χ3n) is 4.56. The van der Waals surface area contributed by atoms with Gasteiger partial charge in [0, 0.05) is 29.9 Å². The number of aliphatic hydroxyl groups is 1. The first-order valence-corrected chi connectivity index (χ1v) is 9.26. The minimum absolute atomic E-state index is 0.00226. The Bertz CT molecular complexity index is 927. The summed E-state index contributed by atoms with van der Waals surface area (Å²) in [5.41, 5.74) is 12.1. The van der Waals surface area contributed by atoms with E-state index in [1.807, 2.05) is 24.3 Å². The maximum Gasteiger partial charge on any atom is 0.326 e. The number of rotatable bonds is 11. The van der Waals surface area contributed by atoms with E-state index in [-0.39, 0.29) is 19.3 Å². The average molecular weight is 419 g/mol. The molecule has 1 aromatic heterocycles. The number of amides is 3. The number of aromatic amines is 1. The lowest BCUT2D eigenvalue weighted by Gasteiger charge is -2.22. The van der Waals surface area contributed by atoms with Gasteiger partial charge >= 0.3 is 5.97 Å². The van der Waals surface area contributed by atoms with Gasteiger partial charge in [-0.1, -0.05) is 18.2 Å². The Labute approximate surface area is 171 Å². The maximum absolute atomic E-state index is 12.7. The Morgan fingerprint density at radius 3 is 2.37 bits per heavy atom. The second-order valence-electron chi connectivity index (χ2n) is 6.82. The molecule has 0 saturated heterocycles. The highest BCUT2D eigenvalue weighted by Gasteiger charge is 2.28. The molecule has 1 heterocycles. The van der Waals surface area contributed by atoms with Gasteiger partial charge < -0.3 is 37.3 Å². The summed E-state index contributed by atoms with van der Waals surface area (Å²) in [4.78, 5) is 50.4. The number of fused-ring (bicyclic) bond motifs is 1. The van der Waals surface area contributed by atoms with E-state index in [0.29, 0.717) is 5.56 Å². The molecule has 3 atom stereocenters. The van der Waals surface area contributed by atoms with Crippen molar-refractivity contribution in [3.8, 4) is 0 Å². The molecule has 1 aromatic carbocycles. The van der Waals surface area contributed by atoms with Gasteiger partial charge in [0.05, 0.1) is 6.61 Å². The average Bonchev–Trinajstić information content (AvgIpc) is 3.12. The second-order valence-corrected chi connectivity index (χ2v) is 6.82. The van der Waals surface area contributed by atoms with Gasteiger partial charge in [-0.3, -0.25) is 14.4 Å². The summed E-state index contributed by atoms with van der Waals surface area (Å²) in [6, 6.07) is 3.52. The molecule has 0 radical (unpaired) electrons. The molecule has 0 saturated carbocycles. The zero-order chi connectivity index (χ0) is 22.3. The molecule has 162 valence electrons. The number of carbonyl (C=O) groups is 4. The molecule has 2 rings (SSSR count). The highest BCUT2D eigenvalue weighted by molar-refractivity contribution is 5.92. The number of benzene rings is 1. The van der Waals surface area contributed by atoms with Crippen molar-refractivity contribution in [2.75, 3.05) is 6.61 Å². The van der Waals surface area contributed by atoms with Crippen LogP contribution in [0, 0.1) is 0 Å². The van der Waals surface area contributed by atoms with Crippen LogP contribution in [-0.2, 0) is 25.6 Å². The predicted molar refractivity (Wildman–Crippen MR) is 107 cm³/mol. The monoisotopic (exact) mass is 419 g/mol. The molecule has 11 nitrogen and oxygen atoms in total. The van der Waals surface area contributed by atoms with Gasteiger partial charge in [-0.25, -0.2) is 4.79 Å². The third-order valence-corrected chi connectivity index (χ3v) is 4.56. The van der Waals surface area contributed by atoms with E-state index >= 15 is 0 Å². The van der Waals surface area contributed by atoms with Crippen LogP contribution in [0.2, 0.25) is 0 Å². The number of aliphatic hydroxyl groups excluding tert-OH is 1. The molecule has 0 aliphatic heterocycles. The number of primary amides is 1. The topological polar surface area (TPSA) is 201 Å². The van der Waals surface area contributed by atoms with Crippen LogP contribution in [0.4, 0.5) is 0 Å². The number of aromatic nitrogens is 1. The van der Waals surface area contributed by atoms with E-state index in [9.17, 15) is 24.3 Å². The number of hydrogen-bond acceptors (Lipinski definition) is 6. The quantitative estimate of drug-likeness (QED) is 0.226. The predicted octanol–water partition coefficient (Wildman–Crippen LogP) is -1.65. The standard InChI is InChI=1S/C19H25N5O6/c20-12(9-25)17(27)23-14(5-6-16(21)26)18(28)24-15(19(29)30)7-10-8-22-13-4-2-1-3-11(10)13/h1-4,8,12,14-15,22,25H,5-7,9,20H2,(H2,21,26)(H,23,27)(H,24,28)(H,29,30)/t12-,14-,15-/m0/s1. The number of hydrogen-bond donors (Lipinski definition) is 7.